The molecular formula is C15H21FO2. The van der Waals surface area contributed by atoms with Crippen LogP contribution in [0.25, 0.3) is 0 Å². The molecule has 100 valence electrons. The third-order valence-electron chi connectivity index (χ3n) is 3.82. The van der Waals surface area contributed by atoms with Gasteiger partial charge in [0.15, 0.2) is 11.6 Å². The molecule has 0 bridgehead atoms. The zero-order chi connectivity index (χ0) is 13.4. The van der Waals surface area contributed by atoms with Gasteiger partial charge in [0, 0.05) is 6.42 Å². The van der Waals surface area contributed by atoms with E-state index in [9.17, 15) is 9.50 Å². The first kappa shape index (κ1) is 13.3. The minimum Gasteiger partial charge on any atom is -0.494 e. The number of hydrogen-bond donors (Lipinski definition) is 1. The lowest BCUT2D eigenvalue weighted by Crippen LogP contribution is -2.29. The molecule has 1 aliphatic rings. The smallest absolute Gasteiger partial charge is 0.165 e. The molecule has 1 unspecified atom stereocenters. The van der Waals surface area contributed by atoms with Crippen molar-refractivity contribution >= 4 is 0 Å². The number of methoxy groups -OCH3 is 1. The second-order valence-corrected chi connectivity index (χ2v) is 6.21. The first-order chi connectivity index (χ1) is 8.34. The van der Waals surface area contributed by atoms with Gasteiger partial charge >= 0.3 is 0 Å². The fourth-order valence-electron chi connectivity index (χ4n) is 2.99. The maximum atomic E-state index is 13.6. The number of rotatable bonds is 3. The molecule has 0 heterocycles. The van der Waals surface area contributed by atoms with Crippen molar-refractivity contribution in [3.05, 3.63) is 29.6 Å². The Hall–Kier alpha value is -1.09. The van der Waals surface area contributed by atoms with Crippen LogP contribution in [-0.4, -0.2) is 17.8 Å². The summed E-state index contributed by atoms with van der Waals surface area (Å²) in [4.78, 5) is 0. The Morgan fingerprint density at radius 3 is 2.56 bits per heavy atom. The molecule has 2 rings (SSSR count). The molecule has 0 spiro atoms. The number of aliphatic hydroxyl groups is 1. The highest BCUT2D eigenvalue weighted by Gasteiger charge is 2.41. The molecule has 2 nitrogen and oxygen atoms in total. The van der Waals surface area contributed by atoms with Crippen LogP contribution in [0.15, 0.2) is 18.2 Å². The van der Waals surface area contributed by atoms with E-state index in [4.69, 9.17) is 4.74 Å². The quantitative estimate of drug-likeness (QED) is 0.894. The van der Waals surface area contributed by atoms with Gasteiger partial charge in [-0.1, -0.05) is 19.9 Å². The normalized spacial score (nSPS) is 26.3. The highest BCUT2D eigenvalue weighted by Crippen LogP contribution is 2.45. The molecule has 0 amide bonds. The van der Waals surface area contributed by atoms with Gasteiger partial charge in [-0.25, -0.2) is 4.39 Å². The first-order valence-electron chi connectivity index (χ1n) is 6.38. The number of benzene rings is 1. The van der Waals surface area contributed by atoms with Gasteiger partial charge in [-0.2, -0.15) is 0 Å². The number of hydrogen-bond acceptors (Lipinski definition) is 2. The summed E-state index contributed by atoms with van der Waals surface area (Å²) < 4.78 is 18.5. The van der Waals surface area contributed by atoms with Crippen molar-refractivity contribution in [2.24, 2.45) is 5.41 Å². The average Bonchev–Trinajstić information content (AvgIpc) is 2.53. The molecule has 0 radical (unpaired) electrons. The molecule has 1 saturated carbocycles. The summed E-state index contributed by atoms with van der Waals surface area (Å²) in [5.41, 5.74) is 0.318. The second kappa shape index (κ2) is 4.54. The maximum Gasteiger partial charge on any atom is 0.165 e. The molecule has 1 aliphatic carbocycles. The monoisotopic (exact) mass is 252 g/mol. The molecule has 1 N–H and O–H groups in total. The average molecular weight is 252 g/mol. The SMILES string of the molecule is COc1ccc(CC2(O)CCC(C)(C)C2)cc1F. The number of halogens is 1. The van der Waals surface area contributed by atoms with Crippen LogP contribution >= 0.6 is 0 Å². The molecule has 18 heavy (non-hydrogen) atoms. The van der Waals surface area contributed by atoms with Crippen molar-refractivity contribution in [3.63, 3.8) is 0 Å². The van der Waals surface area contributed by atoms with Crippen LogP contribution in [0.4, 0.5) is 4.39 Å². The van der Waals surface area contributed by atoms with E-state index in [0.29, 0.717) is 6.42 Å². The van der Waals surface area contributed by atoms with Crippen LogP contribution in [0.5, 0.6) is 5.75 Å². The fourth-order valence-corrected chi connectivity index (χ4v) is 2.99. The summed E-state index contributed by atoms with van der Waals surface area (Å²) in [7, 11) is 1.45. The standard InChI is InChI=1S/C15H21FO2/c1-14(2)6-7-15(17,10-14)9-11-4-5-13(18-3)12(16)8-11/h4-5,8,17H,6-7,9-10H2,1-3H3. The molecule has 3 heteroatoms. The van der Waals surface area contributed by atoms with Crippen molar-refractivity contribution in [1.82, 2.24) is 0 Å². The van der Waals surface area contributed by atoms with Crippen LogP contribution in [0.1, 0.15) is 38.7 Å². The lowest BCUT2D eigenvalue weighted by atomic mass is 9.86. The summed E-state index contributed by atoms with van der Waals surface area (Å²) in [6, 6.07) is 4.90. The van der Waals surface area contributed by atoms with Gasteiger partial charge in [0.2, 0.25) is 0 Å². The lowest BCUT2D eigenvalue weighted by molar-refractivity contribution is 0.0378. The topological polar surface area (TPSA) is 29.5 Å². The van der Waals surface area contributed by atoms with Crippen LogP contribution in [0.2, 0.25) is 0 Å². The van der Waals surface area contributed by atoms with Crippen molar-refractivity contribution in [2.75, 3.05) is 7.11 Å². The Kier molecular flexibility index (Phi) is 3.37. The summed E-state index contributed by atoms with van der Waals surface area (Å²) in [6.45, 7) is 4.33. The van der Waals surface area contributed by atoms with E-state index in [2.05, 4.69) is 13.8 Å². The molecule has 1 aromatic carbocycles. The Labute approximate surface area is 108 Å². The van der Waals surface area contributed by atoms with Gasteiger partial charge in [-0.05, 0) is 42.4 Å². The maximum absolute atomic E-state index is 13.6. The summed E-state index contributed by atoms with van der Waals surface area (Å²) in [5.74, 6) is -0.117. The van der Waals surface area contributed by atoms with Crippen molar-refractivity contribution < 1.29 is 14.2 Å². The van der Waals surface area contributed by atoms with Crippen molar-refractivity contribution in [2.45, 2.75) is 45.1 Å². The van der Waals surface area contributed by atoms with E-state index in [1.54, 1.807) is 6.07 Å². The van der Waals surface area contributed by atoms with Crippen molar-refractivity contribution in [3.8, 4) is 5.75 Å². The minimum atomic E-state index is -0.690. The predicted molar refractivity (Wildman–Crippen MR) is 69.2 cm³/mol. The van der Waals surface area contributed by atoms with Gasteiger partial charge in [0.05, 0.1) is 12.7 Å². The summed E-state index contributed by atoms with van der Waals surface area (Å²) in [5, 5.41) is 10.5. The van der Waals surface area contributed by atoms with Crippen LogP contribution in [-0.2, 0) is 6.42 Å². The Morgan fingerprint density at radius 1 is 1.33 bits per heavy atom. The Balaban J connectivity index is 2.12. The number of ether oxygens (including phenoxy) is 1. The van der Waals surface area contributed by atoms with Crippen LogP contribution in [0.3, 0.4) is 0 Å². The third-order valence-corrected chi connectivity index (χ3v) is 3.82. The first-order valence-corrected chi connectivity index (χ1v) is 6.38. The molecule has 1 atom stereocenters. The molecule has 0 aromatic heterocycles. The van der Waals surface area contributed by atoms with Gasteiger partial charge in [-0.15, -0.1) is 0 Å². The predicted octanol–water partition coefficient (Wildman–Crippen LogP) is 3.32. The molecule has 1 aromatic rings. The largest absolute Gasteiger partial charge is 0.494 e. The zero-order valence-electron chi connectivity index (χ0n) is 11.3. The van der Waals surface area contributed by atoms with E-state index in [0.717, 1.165) is 24.8 Å². The van der Waals surface area contributed by atoms with Crippen molar-refractivity contribution in [1.29, 1.82) is 0 Å². The van der Waals surface area contributed by atoms with Gasteiger partial charge in [0.1, 0.15) is 0 Å². The Morgan fingerprint density at radius 2 is 2.06 bits per heavy atom. The molecule has 0 aliphatic heterocycles. The van der Waals surface area contributed by atoms with E-state index in [-0.39, 0.29) is 17.0 Å². The zero-order valence-corrected chi connectivity index (χ0v) is 11.3. The molecular weight excluding hydrogens is 231 g/mol. The Bertz CT molecular complexity index is 442. The second-order valence-electron chi connectivity index (χ2n) is 6.21. The van der Waals surface area contributed by atoms with Gasteiger partial charge in [0.25, 0.3) is 0 Å². The summed E-state index contributed by atoms with van der Waals surface area (Å²) >= 11 is 0. The highest BCUT2D eigenvalue weighted by atomic mass is 19.1. The van der Waals surface area contributed by atoms with E-state index in [1.807, 2.05) is 6.07 Å². The van der Waals surface area contributed by atoms with E-state index < -0.39 is 5.60 Å². The third kappa shape index (κ3) is 2.83. The molecule has 1 fully saturated rings. The fraction of sp³-hybridized carbons (Fsp3) is 0.600. The lowest BCUT2D eigenvalue weighted by Gasteiger charge is -2.25. The van der Waals surface area contributed by atoms with E-state index >= 15 is 0 Å². The molecule has 0 saturated heterocycles. The highest BCUT2D eigenvalue weighted by molar-refractivity contribution is 5.30. The van der Waals surface area contributed by atoms with Crippen LogP contribution in [0, 0.1) is 11.2 Å². The van der Waals surface area contributed by atoms with Crippen LogP contribution < -0.4 is 4.74 Å². The minimum absolute atomic E-state index is 0.180. The van der Waals surface area contributed by atoms with Gasteiger partial charge < -0.3 is 9.84 Å². The summed E-state index contributed by atoms with van der Waals surface area (Å²) in [6.07, 6.45) is 3.08. The van der Waals surface area contributed by atoms with Gasteiger partial charge in [-0.3, -0.25) is 0 Å². The van der Waals surface area contributed by atoms with E-state index in [1.165, 1.54) is 13.2 Å².